The zero-order valence-electron chi connectivity index (χ0n) is 16.3. The average molecular weight is 509 g/mol. The van der Waals surface area contributed by atoms with Gasteiger partial charge in [0.15, 0.2) is 11.5 Å². The third-order valence-corrected chi connectivity index (χ3v) is 5.88. The van der Waals surface area contributed by atoms with Crippen molar-refractivity contribution in [1.29, 1.82) is 5.26 Å². The van der Waals surface area contributed by atoms with Crippen LogP contribution in [0.1, 0.15) is 22.7 Å². The highest BCUT2D eigenvalue weighted by atomic mass is 35.5. The summed E-state index contributed by atoms with van der Waals surface area (Å²) < 4.78 is 70.6. The van der Waals surface area contributed by atoms with Gasteiger partial charge in [-0.15, -0.1) is 0 Å². The molecule has 1 aromatic carbocycles. The first-order chi connectivity index (χ1) is 14.7. The predicted molar refractivity (Wildman–Crippen MR) is 110 cm³/mol. The van der Waals surface area contributed by atoms with E-state index in [9.17, 15) is 26.9 Å². The van der Waals surface area contributed by atoms with E-state index >= 15 is 0 Å². The number of aromatic nitrogens is 3. The van der Waals surface area contributed by atoms with E-state index in [-0.39, 0.29) is 23.6 Å². The Morgan fingerprint density at radius 2 is 1.88 bits per heavy atom. The maximum absolute atomic E-state index is 13.0. The normalized spacial score (nSPS) is 12.1. The zero-order chi connectivity index (χ0) is 24.0. The number of anilines is 2. The third-order valence-electron chi connectivity index (χ3n) is 4.19. The Bertz CT molecular complexity index is 1320. The minimum atomic E-state index is -4.72. The van der Waals surface area contributed by atoms with Crippen LogP contribution in [-0.2, 0) is 22.7 Å². The lowest BCUT2D eigenvalue weighted by atomic mass is 10.2. The van der Waals surface area contributed by atoms with Gasteiger partial charge < -0.3 is 10.3 Å². The molecule has 15 heteroatoms. The van der Waals surface area contributed by atoms with Gasteiger partial charge in [0.2, 0.25) is 10.0 Å². The number of nitriles is 1. The molecule has 0 spiro atoms. The first-order valence-corrected chi connectivity index (χ1v) is 11.1. The van der Waals surface area contributed by atoms with Gasteiger partial charge in [-0.3, -0.25) is 4.31 Å². The summed E-state index contributed by atoms with van der Waals surface area (Å²) in [5.74, 6) is 0.0247. The van der Waals surface area contributed by atoms with Gasteiger partial charge in [0, 0.05) is 6.07 Å². The summed E-state index contributed by atoms with van der Waals surface area (Å²) in [6.07, 6.45) is -3.84. The minimum Gasteiger partial charge on any atom is -0.382 e. The zero-order valence-corrected chi connectivity index (χ0v) is 18.6. The second-order valence-corrected chi connectivity index (χ2v) is 9.31. The van der Waals surface area contributed by atoms with Crippen molar-refractivity contribution in [2.75, 3.05) is 16.3 Å². The van der Waals surface area contributed by atoms with Gasteiger partial charge in [0.25, 0.3) is 0 Å². The number of nitrogen functional groups attached to an aromatic ring is 1. The number of hydrogen-bond donors (Lipinski definition) is 1. The van der Waals surface area contributed by atoms with Crippen LogP contribution < -0.4 is 10.0 Å². The van der Waals surface area contributed by atoms with Crippen molar-refractivity contribution in [1.82, 2.24) is 14.9 Å². The molecule has 0 amide bonds. The molecule has 0 atom stereocenters. The van der Waals surface area contributed by atoms with Gasteiger partial charge in [-0.25, -0.2) is 13.1 Å². The molecule has 0 unspecified atom stereocenters. The van der Waals surface area contributed by atoms with Crippen molar-refractivity contribution in [3.8, 4) is 11.8 Å². The lowest BCUT2D eigenvalue weighted by Gasteiger charge is -2.21. The number of hydrogen-bond acceptors (Lipinski definition) is 7. The number of halogens is 5. The molecule has 0 aliphatic rings. The van der Waals surface area contributed by atoms with Crippen LogP contribution in [0.15, 0.2) is 22.7 Å². The standard InChI is InChI=1S/C17H13Cl2F3N6O3S/c1-8-3-10(26-31-8)7-27(32(2,29)30)15-13(6-23)25-28(16(15)24)14-11(18)4-9(5-12(14)19)17(20,21)22/h3-5H,7,24H2,1-2H3. The lowest BCUT2D eigenvalue weighted by molar-refractivity contribution is -0.137. The van der Waals surface area contributed by atoms with Crippen molar-refractivity contribution in [3.05, 3.63) is 51.0 Å². The summed E-state index contributed by atoms with van der Waals surface area (Å²) in [6, 6.07) is 4.42. The quantitative estimate of drug-likeness (QED) is 0.552. The largest absolute Gasteiger partial charge is 0.416 e. The van der Waals surface area contributed by atoms with Crippen molar-refractivity contribution >= 4 is 44.7 Å². The van der Waals surface area contributed by atoms with Crippen LogP contribution in [0, 0.1) is 18.3 Å². The number of aryl methyl sites for hydroxylation is 1. The SMILES string of the molecule is Cc1cc(CN(c2c(C#N)nn(-c3c(Cl)cc(C(F)(F)F)cc3Cl)c2N)S(C)(=O)=O)no1. The fourth-order valence-electron chi connectivity index (χ4n) is 2.85. The van der Waals surface area contributed by atoms with Gasteiger partial charge in [-0.1, -0.05) is 28.4 Å². The highest BCUT2D eigenvalue weighted by Crippen LogP contribution is 2.40. The van der Waals surface area contributed by atoms with E-state index in [1.54, 1.807) is 13.0 Å². The molecule has 0 saturated heterocycles. The second kappa shape index (κ2) is 8.19. The fraction of sp³-hybridized carbons (Fsp3) is 0.235. The number of benzene rings is 1. The van der Waals surface area contributed by atoms with E-state index in [1.165, 1.54) is 6.07 Å². The lowest BCUT2D eigenvalue weighted by Crippen LogP contribution is -2.30. The smallest absolute Gasteiger partial charge is 0.382 e. The molecule has 32 heavy (non-hydrogen) atoms. The molecule has 2 aromatic heterocycles. The highest BCUT2D eigenvalue weighted by Gasteiger charge is 2.34. The molecule has 0 radical (unpaired) electrons. The first kappa shape index (κ1) is 23.7. The maximum Gasteiger partial charge on any atom is 0.416 e. The van der Waals surface area contributed by atoms with Crippen LogP contribution in [0.5, 0.6) is 0 Å². The van der Waals surface area contributed by atoms with Crippen molar-refractivity contribution in [2.24, 2.45) is 0 Å². The Kier molecular flexibility index (Phi) is 6.07. The molecular formula is C17H13Cl2F3N6O3S. The van der Waals surface area contributed by atoms with Crippen LogP contribution in [0.4, 0.5) is 24.7 Å². The minimum absolute atomic E-state index is 0.217. The number of sulfonamides is 1. The molecule has 170 valence electrons. The summed E-state index contributed by atoms with van der Waals surface area (Å²) >= 11 is 12.0. The monoisotopic (exact) mass is 508 g/mol. The summed E-state index contributed by atoms with van der Waals surface area (Å²) in [6.45, 7) is 1.25. The predicted octanol–water partition coefficient (Wildman–Crippen LogP) is 3.91. The van der Waals surface area contributed by atoms with Crippen molar-refractivity contribution in [3.63, 3.8) is 0 Å². The molecular weight excluding hydrogens is 496 g/mol. The summed E-state index contributed by atoms with van der Waals surface area (Å²) in [5, 5.41) is 16.2. The molecule has 3 aromatic rings. The topological polar surface area (TPSA) is 131 Å². The first-order valence-electron chi connectivity index (χ1n) is 8.49. The van der Waals surface area contributed by atoms with E-state index in [2.05, 4.69) is 10.3 Å². The fourth-order valence-corrected chi connectivity index (χ4v) is 4.37. The maximum atomic E-state index is 13.0. The van der Waals surface area contributed by atoms with Crippen molar-refractivity contribution in [2.45, 2.75) is 19.6 Å². The Hall–Kier alpha value is -2.95. The van der Waals surface area contributed by atoms with Gasteiger partial charge in [-0.05, 0) is 19.1 Å². The van der Waals surface area contributed by atoms with Crippen molar-refractivity contribution < 1.29 is 26.1 Å². The summed E-state index contributed by atoms with van der Waals surface area (Å²) in [7, 11) is -4.02. The van der Waals surface area contributed by atoms with E-state index in [0.29, 0.717) is 17.9 Å². The third kappa shape index (κ3) is 4.47. The molecule has 0 bridgehead atoms. The number of nitrogens with two attached hydrogens (primary N) is 1. The Morgan fingerprint density at radius 1 is 1.28 bits per heavy atom. The van der Waals surface area contributed by atoms with Gasteiger partial charge in [0.05, 0.1) is 28.4 Å². The summed E-state index contributed by atoms with van der Waals surface area (Å²) in [4.78, 5) is 0. The van der Waals surface area contributed by atoms with Crippen LogP contribution in [0.3, 0.4) is 0 Å². The molecule has 0 aliphatic carbocycles. The van der Waals surface area contributed by atoms with Crippen LogP contribution in [0.2, 0.25) is 10.0 Å². The molecule has 9 nitrogen and oxygen atoms in total. The van der Waals surface area contributed by atoms with E-state index in [1.807, 2.05) is 0 Å². The van der Waals surface area contributed by atoms with Gasteiger partial charge >= 0.3 is 6.18 Å². The summed E-state index contributed by atoms with van der Waals surface area (Å²) in [5.41, 5.74) is 4.19. The van der Waals surface area contributed by atoms with E-state index in [4.69, 9.17) is 33.5 Å². The number of rotatable bonds is 5. The number of nitrogens with zero attached hydrogens (tertiary/aromatic N) is 5. The molecule has 0 aliphatic heterocycles. The number of alkyl halides is 3. The Balaban J connectivity index is 2.21. The molecule has 2 N–H and O–H groups in total. The highest BCUT2D eigenvalue weighted by molar-refractivity contribution is 7.92. The molecule has 0 saturated carbocycles. The van der Waals surface area contributed by atoms with E-state index in [0.717, 1.165) is 15.2 Å². The van der Waals surface area contributed by atoms with Crippen LogP contribution in [0.25, 0.3) is 5.69 Å². The molecule has 3 rings (SSSR count). The van der Waals surface area contributed by atoms with E-state index < -0.39 is 43.3 Å². The average Bonchev–Trinajstić information content (AvgIpc) is 3.20. The van der Waals surface area contributed by atoms with Crippen LogP contribution in [-0.4, -0.2) is 29.6 Å². The van der Waals surface area contributed by atoms with Crippen LogP contribution >= 0.6 is 23.2 Å². The second-order valence-electron chi connectivity index (χ2n) is 6.59. The Labute approximate surface area is 189 Å². The van der Waals surface area contributed by atoms with Gasteiger partial charge in [-0.2, -0.15) is 23.5 Å². The Morgan fingerprint density at radius 3 is 2.31 bits per heavy atom. The molecule has 2 heterocycles. The van der Waals surface area contributed by atoms with Gasteiger partial charge in [0.1, 0.15) is 28.9 Å². The molecule has 0 fully saturated rings.